The fraction of sp³-hybridized carbons (Fsp3) is 0.368. The fourth-order valence-electron chi connectivity index (χ4n) is 3.19. The molecule has 1 aliphatic rings. The van der Waals surface area contributed by atoms with Gasteiger partial charge in [-0.25, -0.2) is 8.42 Å². The molecule has 1 saturated heterocycles. The van der Waals surface area contributed by atoms with Crippen LogP contribution >= 0.6 is 0 Å². The van der Waals surface area contributed by atoms with E-state index >= 15 is 0 Å². The van der Waals surface area contributed by atoms with Crippen molar-refractivity contribution >= 4 is 10.0 Å². The van der Waals surface area contributed by atoms with E-state index in [1.807, 2.05) is 19.1 Å². The van der Waals surface area contributed by atoms with Crippen molar-refractivity contribution in [3.63, 3.8) is 0 Å². The average Bonchev–Trinajstić information content (AvgIpc) is 2.56. The maximum absolute atomic E-state index is 12.7. The number of quaternary nitrogens is 1. The summed E-state index contributed by atoms with van der Waals surface area (Å²) in [4.78, 5) is 1.84. The molecule has 0 aromatic heterocycles. The number of rotatable bonds is 4. The lowest BCUT2D eigenvalue weighted by Crippen LogP contribution is -3.13. The molecule has 0 radical (unpaired) electrons. The molecule has 1 fully saturated rings. The predicted octanol–water partition coefficient (Wildman–Crippen LogP) is 1.39. The number of benzene rings is 2. The van der Waals surface area contributed by atoms with E-state index in [0.29, 0.717) is 18.0 Å². The number of nitrogens with one attached hydrogen (secondary N) is 1. The Kier molecular flexibility index (Phi) is 5.04. The lowest BCUT2D eigenvalue weighted by Gasteiger charge is -2.31. The molecule has 1 aliphatic heterocycles. The molecule has 0 atom stereocenters. The highest BCUT2D eigenvalue weighted by molar-refractivity contribution is 7.89. The van der Waals surface area contributed by atoms with Gasteiger partial charge in [-0.15, -0.1) is 0 Å². The van der Waals surface area contributed by atoms with Crippen LogP contribution in [0.25, 0.3) is 0 Å². The predicted molar refractivity (Wildman–Crippen MR) is 95.5 cm³/mol. The van der Waals surface area contributed by atoms with Gasteiger partial charge in [0.05, 0.1) is 31.1 Å². The number of hydrogen-bond donors (Lipinski definition) is 1. The van der Waals surface area contributed by atoms with Crippen LogP contribution < -0.4 is 4.90 Å². The fourth-order valence-corrected chi connectivity index (χ4v) is 4.63. The number of sulfonamides is 1. The maximum Gasteiger partial charge on any atom is 0.243 e. The maximum atomic E-state index is 12.7. The molecule has 0 amide bonds. The largest absolute Gasteiger partial charge is 0.329 e. The van der Waals surface area contributed by atoms with Gasteiger partial charge in [0, 0.05) is 5.56 Å². The number of nitrogens with zero attached hydrogens (tertiary/aromatic N) is 1. The Labute approximate surface area is 144 Å². The highest BCUT2D eigenvalue weighted by atomic mass is 32.2. The zero-order valence-corrected chi connectivity index (χ0v) is 15.1. The Bertz CT molecular complexity index is 792. The van der Waals surface area contributed by atoms with Crippen molar-refractivity contribution in [3.8, 4) is 0 Å². The van der Waals surface area contributed by atoms with Gasteiger partial charge in [0.2, 0.25) is 10.0 Å². The summed E-state index contributed by atoms with van der Waals surface area (Å²) >= 11 is 0. The van der Waals surface area contributed by atoms with E-state index in [1.165, 1.54) is 16.0 Å². The molecule has 0 spiro atoms. The van der Waals surface area contributed by atoms with Gasteiger partial charge in [0.15, 0.2) is 0 Å². The van der Waals surface area contributed by atoms with Crippen molar-refractivity contribution in [1.29, 1.82) is 0 Å². The molecular formula is C19H25N2O2S+. The second kappa shape index (κ2) is 7.05. The Balaban J connectivity index is 1.63. The van der Waals surface area contributed by atoms with Gasteiger partial charge >= 0.3 is 0 Å². The molecule has 1 N–H and O–H groups in total. The van der Waals surface area contributed by atoms with Gasteiger partial charge in [-0.05, 0) is 26.0 Å². The first kappa shape index (κ1) is 17.1. The second-order valence-electron chi connectivity index (χ2n) is 6.63. The summed E-state index contributed by atoms with van der Waals surface area (Å²) in [6.07, 6.45) is 0. The van der Waals surface area contributed by atoms with Gasteiger partial charge in [-0.3, -0.25) is 0 Å². The minimum absolute atomic E-state index is 0.398. The highest BCUT2D eigenvalue weighted by Crippen LogP contribution is 2.16. The lowest BCUT2D eigenvalue weighted by molar-refractivity contribution is -0.917. The zero-order valence-electron chi connectivity index (χ0n) is 14.3. The smallest absolute Gasteiger partial charge is 0.243 e. The molecule has 3 rings (SSSR count). The van der Waals surface area contributed by atoms with Crippen molar-refractivity contribution in [2.45, 2.75) is 25.3 Å². The van der Waals surface area contributed by atoms with Crippen LogP contribution in [-0.2, 0) is 16.6 Å². The van der Waals surface area contributed by atoms with Crippen molar-refractivity contribution in [3.05, 3.63) is 65.2 Å². The van der Waals surface area contributed by atoms with Crippen molar-refractivity contribution < 1.29 is 13.3 Å². The standard InChI is InChI=1S/C19H24N2O2S/c1-16-6-8-19(9-7-16)24(22,23)21-12-10-20(11-13-21)15-18-5-3-4-17(2)14-18/h3-9,14H,10-13,15H2,1-2H3/p+1. The van der Waals surface area contributed by atoms with Crippen LogP contribution in [-0.4, -0.2) is 38.9 Å². The van der Waals surface area contributed by atoms with Gasteiger partial charge in [0.25, 0.3) is 0 Å². The summed E-state index contributed by atoms with van der Waals surface area (Å²) in [5.74, 6) is 0. The summed E-state index contributed by atoms with van der Waals surface area (Å²) in [6.45, 7) is 7.88. The van der Waals surface area contributed by atoms with E-state index in [0.717, 1.165) is 25.2 Å². The number of hydrogen-bond acceptors (Lipinski definition) is 2. The normalized spacial score (nSPS) is 17.1. The third-order valence-corrected chi connectivity index (χ3v) is 6.54. The molecule has 1 heterocycles. The van der Waals surface area contributed by atoms with E-state index in [9.17, 15) is 8.42 Å². The first-order valence-corrected chi connectivity index (χ1v) is 9.85. The first-order chi connectivity index (χ1) is 11.4. The zero-order chi connectivity index (χ0) is 17.2. The number of aryl methyl sites for hydroxylation is 2. The Morgan fingerprint density at radius 1 is 0.958 bits per heavy atom. The Morgan fingerprint density at radius 2 is 1.62 bits per heavy atom. The van der Waals surface area contributed by atoms with Crippen LogP contribution in [0.4, 0.5) is 0 Å². The van der Waals surface area contributed by atoms with Crippen molar-refractivity contribution in [2.24, 2.45) is 0 Å². The Morgan fingerprint density at radius 3 is 2.25 bits per heavy atom. The molecule has 2 aromatic rings. The van der Waals surface area contributed by atoms with Crippen LogP contribution in [0, 0.1) is 13.8 Å². The summed E-state index contributed by atoms with van der Waals surface area (Å²) in [5, 5.41) is 0. The summed E-state index contributed by atoms with van der Waals surface area (Å²) in [6, 6.07) is 15.7. The minimum Gasteiger partial charge on any atom is -0.329 e. The molecule has 0 bridgehead atoms. The molecule has 2 aromatic carbocycles. The Hall–Kier alpha value is -1.69. The van der Waals surface area contributed by atoms with E-state index in [-0.39, 0.29) is 0 Å². The number of piperazine rings is 1. The molecule has 24 heavy (non-hydrogen) atoms. The summed E-state index contributed by atoms with van der Waals surface area (Å²) < 4.78 is 27.1. The molecule has 0 aliphatic carbocycles. The van der Waals surface area contributed by atoms with Crippen LogP contribution in [0.1, 0.15) is 16.7 Å². The molecule has 128 valence electrons. The van der Waals surface area contributed by atoms with Gasteiger partial charge < -0.3 is 4.90 Å². The second-order valence-corrected chi connectivity index (χ2v) is 8.57. The molecule has 4 nitrogen and oxygen atoms in total. The molecule has 0 saturated carbocycles. The summed E-state index contributed by atoms with van der Waals surface area (Å²) in [7, 11) is -3.36. The lowest BCUT2D eigenvalue weighted by atomic mass is 10.1. The van der Waals surface area contributed by atoms with E-state index in [4.69, 9.17) is 0 Å². The third-order valence-electron chi connectivity index (χ3n) is 4.62. The van der Waals surface area contributed by atoms with Gasteiger partial charge in [0.1, 0.15) is 6.54 Å². The molecule has 0 unspecified atom stereocenters. The van der Waals surface area contributed by atoms with E-state index in [2.05, 4.69) is 31.2 Å². The average molecular weight is 345 g/mol. The first-order valence-electron chi connectivity index (χ1n) is 8.41. The molecule has 5 heteroatoms. The van der Waals surface area contributed by atoms with Crippen molar-refractivity contribution in [1.82, 2.24) is 4.31 Å². The third kappa shape index (κ3) is 3.86. The van der Waals surface area contributed by atoms with Crippen LogP contribution in [0.2, 0.25) is 0 Å². The van der Waals surface area contributed by atoms with Crippen LogP contribution in [0.15, 0.2) is 53.4 Å². The topological polar surface area (TPSA) is 41.8 Å². The van der Waals surface area contributed by atoms with Crippen LogP contribution in [0.3, 0.4) is 0 Å². The SMILES string of the molecule is Cc1ccc(S(=O)(=O)N2CC[NH+](Cc3cccc(C)c3)CC2)cc1. The van der Waals surface area contributed by atoms with Gasteiger partial charge in [-0.1, -0.05) is 47.5 Å². The van der Waals surface area contributed by atoms with Crippen molar-refractivity contribution in [2.75, 3.05) is 26.2 Å². The summed E-state index contributed by atoms with van der Waals surface area (Å²) in [5.41, 5.74) is 3.66. The van der Waals surface area contributed by atoms with Crippen LogP contribution in [0.5, 0.6) is 0 Å². The highest BCUT2D eigenvalue weighted by Gasteiger charge is 2.30. The minimum atomic E-state index is -3.36. The quantitative estimate of drug-likeness (QED) is 0.910. The van der Waals surface area contributed by atoms with Gasteiger partial charge in [-0.2, -0.15) is 4.31 Å². The molecular weight excluding hydrogens is 320 g/mol. The van der Waals surface area contributed by atoms with E-state index in [1.54, 1.807) is 16.4 Å². The van der Waals surface area contributed by atoms with E-state index < -0.39 is 10.0 Å². The monoisotopic (exact) mass is 345 g/mol.